The zero-order valence-electron chi connectivity index (χ0n) is 17.6. The Morgan fingerprint density at radius 1 is 0.844 bits per heavy atom. The second-order valence-corrected chi connectivity index (χ2v) is 9.07. The predicted molar refractivity (Wildman–Crippen MR) is 121 cm³/mol. The van der Waals surface area contributed by atoms with Crippen LogP contribution in [0.25, 0.3) is 0 Å². The van der Waals surface area contributed by atoms with Crippen molar-refractivity contribution in [1.82, 2.24) is 10.6 Å². The second kappa shape index (κ2) is 10.6. The van der Waals surface area contributed by atoms with Gasteiger partial charge in [0.1, 0.15) is 5.75 Å². The topological polar surface area (TPSA) is 102 Å². The van der Waals surface area contributed by atoms with Crippen LogP contribution in [-0.4, -0.2) is 33.9 Å². The number of ether oxygens (including phenoxy) is 1. The van der Waals surface area contributed by atoms with Crippen molar-refractivity contribution in [2.75, 3.05) is 13.7 Å². The summed E-state index contributed by atoms with van der Waals surface area (Å²) in [4.78, 5) is 24.7. The molecule has 0 fully saturated rings. The lowest BCUT2D eigenvalue weighted by Crippen LogP contribution is -2.36. The number of nitrogens with one attached hydrogen (secondary N) is 2. The van der Waals surface area contributed by atoms with E-state index in [1.807, 2.05) is 12.1 Å². The van der Waals surface area contributed by atoms with Crippen molar-refractivity contribution in [2.24, 2.45) is 0 Å². The molecule has 7 nitrogen and oxygen atoms in total. The van der Waals surface area contributed by atoms with E-state index in [1.165, 1.54) is 18.2 Å². The molecule has 0 radical (unpaired) electrons. The first-order valence-electron chi connectivity index (χ1n) is 9.92. The first kappa shape index (κ1) is 23.0. The Labute approximate surface area is 187 Å². The number of sulfone groups is 1. The van der Waals surface area contributed by atoms with Crippen molar-refractivity contribution in [3.8, 4) is 5.75 Å². The third kappa shape index (κ3) is 6.42. The number of carbonyl (C=O) groups is 2. The minimum absolute atomic E-state index is 0.193. The predicted octanol–water partition coefficient (Wildman–Crippen LogP) is 2.72. The summed E-state index contributed by atoms with van der Waals surface area (Å²) in [6.45, 7) is 0.132. The van der Waals surface area contributed by atoms with Gasteiger partial charge in [0.15, 0.2) is 9.84 Å². The minimum atomic E-state index is -3.52. The zero-order valence-corrected chi connectivity index (χ0v) is 18.4. The first-order valence-corrected chi connectivity index (χ1v) is 11.6. The fourth-order valence-corrected chi connectivity index (χ4v) is 4.36. The number of carbonyl (C=O) groups excluding carboxylic acids is 2. The van der Waals surface area contributed by atoms with Crippen molar-refractivity contribution in [3.63, 3.8) is 0 Å². The van der Waals surface area contributed by atoms with E-state index in [0.29, 0.717) is 12.1 Å². The highest BCUT2D eigenvalue weighted by Gasteiger charge is 2.16. The summed E-state index contributed by atoms with van der Waals surface area (Å²) < 4.78 is 30.2. The maximum atomic E-state index is 12.6. The van der Waals surface area contributed by atoms with E-state index in [4.69, 9.17) is 4.74 Å². The minimum Gasteiger partial charge on any atom is -0.497 e. The smallest absolute Gasteiger partial charge is 0.251 e. The molecule has 2 N–H and O–H groups in total. The Morgan fingerprint density at radius 2 is 1.56 bits per heavy atom. The fraction of sp³-hybridized carbons (Fsp3) is 0.167. The van der Waals surface area contributed by atoms with Crippen molar-refractivity contribution in [2.45, 2.75) is 17.2 Å². The van der Waals surface area contributed by atoms with Gasteiger partial charge >= 0.3 is 0 Å². The van der Waals surface area contributed by atoms with Crippen LogP contribution in [0.15, 0.2) is 83.8 Å². The molecule has 3 aromatic rings. The first-order chi connectivity index (χ1) is 15.4. The van der Waals surface area contributed by atoms with Crippen molar-refractivity contribution in [1.29, 1.82) is 0 Å². The molecule has 0 aliphatic rings. The Bertz CT molecular complexity index is 1180. The van der Waals surface area contributed by atoms with Crippen LogP contribution in [0.2, 0.25) is 0 Å². The van der Waals surface area contributed by atoms with Crippen LogP contribution < -0.4 is 15.4 Å². The molecule has 0 bridgehead atoms. The van der Waals surface area contributed by atoms with Crippen LogP contribution in [0.3, 0.4) is 0 Å². The normalized spacial score (nSPS) is 10.9. The average Bonchev–Trinajstić information content (AvgIpc) is 2.82. The van der Waals surface area contributed by atoms with Gasteiger partial charge in [-0.05, 0) is 47.5 Å². The van der Waals surface area contributed by atoms with Crippen LogP contribution in [0.1, 0.15) is 21.5 Å². The van der Waals surface area contributed by atoms with E-state index in [9.17, 15) is 18.0 Å². The van der Waals surface area contributed by atoms with Gasteiger partial charge in [0.2, 0.25) is 5.91 Å². The number of benzene rings is 3. The Balaban J connectivity index is 1.53. The van der Waals surface area contributed by atoms with E-state index in [1.54, 1.807) is 55.6 Å². The molecule has 0 atom stereocenters. The van der Waals surface area contributed by atoms with Gasteiger partial charge in [0.05, 0.1) is 24.3 Å². The van der Waals surface area contributed by atoms with Crippen molar-refractivity contribution in [3.05, 3.63) is 95.6 Å². The average molecular weight is 453 g/mol. The van der Waals surface area contributed by atoms with Gasteiger partial charge in [-0.15, -0.1) is 0 Å². The molecule has 3 rings (SSSR count). The molecule has 0 unspecified atom stereocenters. The molecule has 0 saturated carbocycles. The lowest BCUT2D eigenvalue weighted by molar-refractivity contribution is -0.120. The standard InChI is InChI=1S/C24H24N2O5S/c1-31-21-12-10-18(11-13-21)15-25-23(27)16-26-24(28)20-7-5-6-19(14-20)17-32(29,30)22-8-3-2-4-9-22/h2-14H,15-17H2,1H3,(H,25,27)(H,26,28). The SMILES string of the molecule is COc1ccc(CNC(=O)CNC(=O)c2cccc(CS(=O)(=O)c3ccccc3)c2)cc1. The number of hydrogen-bond donors (Lipinski definition) is 2. The van der Waals surface area contributed by atoms with Gasteiger partial charge in [0.25, 0.3) is 5.91 Å². The summed E-state index contributed by atoms with van der Waals surface area (Å²) in [6.07, 6.45) is 0. The van der Waals surface area contributed by atoms with Crippen LogP contribution in [0, 0.1) is 0 Å². The summed E-state index contributed by atoms with van der Waals surface area (Å²) in [7, 11) is -1.94. The maximum Gasteiger partial charge on any atom is 0.251 e. The molecular formula is C24H24N2O5S. The van der Waals surface area contributed by atoms with E-state index < -0.39 is 15.7 Å². The zero-order chi connectivity index (χ0) is 23.0. The number of methoxy groups -OCH3 is 1. The van der Waals surface area contributed by atoms with E-state index in [-0.39, 0.29) is 28.7 Å². The molecule has 0 heterocycles. The molecule has 3 aromatic carbocycles. The summed E-state index contributed by atoms with van der Waals surface area (Å²) in [5.74, 6) is -0.285. The molecule has 32 heavy (non-hydrogen) atoms. The van der Waals surface area contributed by atoms with E-state index in [0.717, 1.165) is 11.3 Å². The molecule has 2 amide bonds. The quantitative estimate of drug-likeness (QED) is 0.520. The van der Waals surface area contributed by atoms with Gasteiger partial charge in [-0.25, -0.2) is 8.42 Å². The Hall–Kier alpha value is -3.65. The highest BCUT2D eigenvalue weighted by atomic mass is 32.2. The lowest BCUT2D eigenvalue weighted by atomic mass is 10.1. The van der Waals surface area contributed by atoms with Crippen molar-refractivity contribution >= 4 is 21.7 Å². The Kier molecular flexibility index (Phi) is 7.62. The van der Waals surface area contributed by atoms with E-state index >= 15 is 0 Å². The summed E-state index contributed by atoms with van der Waals surface area (Å²) in [6, 6.07) is 21.8. The third-order valence-corrected chi connectivity index (χ3v) is 6.41. The molecule has 8 heteroatoms. The summed E-state index contributed by atoms with van der Waals surface area (Å²) in [5.41, 5.74) is 1.68. The van der Waals surface area contributed by atoms with Gasteiger partial charge in [-0.3, -0.25) is 9.59 Å². The highest BCUT2D eigenvalue weighted by Crippen LogP contribution is 2.17. The molecule has 0 aliphatic heterocycles. The maximum absolute atomic E-state index is 12.6. The largest absolute Gasteiger partial charge is 0.497 e. The van der Waals surface area contributed by atoms with Crippen LogP contribution in [0.4, 0.5) is 0 Å². The van der Waals surface area contributed by atoms with E-state index in [2.05, 4.69) is 10.6 Å². The van der Waals surface area contributed by atoms with Crippen molar-refractivity contribution < 1.29 is 22.7 Å². The Morgan fingerprint density at radius 3 is 2.25 bits per heavy atom. The summed E-state index contributed by atoms with van der Waals surface area (Å²) in [5, 5.41) is 5.28. The number of amides is 2. The second-order valence-electron chi connectivity index (χ2n) is 7.08. The van der Waals surface area contributed by atoms with Gasteiger partial charge in [-0.1, -0.05) is 42.5 Å². The number of rotatable bonds is 9. The van der Waals surface area contributed by atoms with Crippen LogP contribution in [-0.2, 0) is 26.9 Å². The fourth-order valence-electron chi connectivity index (χ4n) is 3.00. The van der Waals surface area contributed by atoms with Gasteiger partial charge in [0, 0.05) is 12.1 Å². The molecule has 166 valence electrons. The lowest BCUT2D eigenvalue weighted by Gasteiger charge is -2.09. The molecule has 0 aliphatic carbocycles. The molecular weight excluding hydrogens is 428 g/mol. The third-order valence-electron chi connectivity index (χ3n) is 4.71. The molecule has 0 saturated heterocycles. The van der Waals surface area contributed by atoms with Gasteiger partial charge < -0.3 is 15.4 Å². The van der Waals surface area contributed by atoms with Crippen LogP contribution >= 0.6 is 0 Å². The highest BCUT2D eigenvalue weighted by molar-refractivity contribution is 7.90. The van der Waals surface area contributed by atoms with Gasteiger partial charge in [-0.2, -0.15) is 0 Å². The summed E-state index contributed by atoms with van der Waals surface area (Å²) >= 11 is 0. The number of hydrogen-bond acceptors (Lipinski definition) is 5. The van der Waals surface area contributed by atoms with Crippen LogP contribution in [0.5, 0.6) is 5.75 Å². The molecule has 0 aromatic heterocycles. The monoisotopic (exact) mass is 452 g/mol. The molecule has 0 spiro atoms.